The smallest absolute Gasteiger partial charge is 0.0453 e. The van der Waals surface area contributed by atoms with Gasteiger partial charge in [0.2, 0.25) is 0 Å². The molecule has 1 aliphatic carbocycles. The highest BCUT2D eigenvalue weighted by Crippen LogP contribution is 2.09. The standard InChI is InChI=1S/C8H7N.C5H8/c1-2-4-8-7(3-1)5-6-9-8;1-2-4-5-3-1/h1-6,9H;1-2H,3-5H2. The lowest BCUT2D eigenvalue weighted by atomic mass is 10.3. The predicted molar refractivity (Wildman–Crippen MR) is 61.3 cm³/mol. The zero-order valence-corrected chi connectivity index (χ0v) is 8.24. The van der Waals surface area contributed by atoms with Crippen LogP contribution in [0.3, 0.4) is 0 Å². The number of hydrogen-bond donors (Lipinski definition) is 1. The lowest BCUT2D eigenvalue weighted by molar-refractivity contribution is 0.929. The SMILES string of the molecule is C1=CCCC1.c1ccc2[nH]ccc2c1. The van der Waals surface area contributed by atoms with Crippen molar-refractivity contribution >= 4 is 10.9 Å². The minimum absolute atomic E-state index is 1.21. The number of nitrogens with one attached hydrogen (secondary N) is 1. The molecule has 0 saturated heterocycles. The molecule has 14 heavy (non-hydrogen) atoms. The van der Waals surface area contributed by atoms with E-state index >= 15 is 0 Å². The molecule has 72 valence electrons. The van der Waals surface area contributed by atoms with Gasteiger partial charge in [0.05, 0.1) is 0 Å². The van der Waals surface area contributed by atoms with Crippen molar-refractivity contribution in [2.24, 2.45) is 0 Å². The Hall–Kier alpha value is -1.50. The van der Waals surface area contributed by atoms with Gasteiger partial charge in [-0.15, -0.1) is 0 Å². The number of fused-ring (bicyclic) bond motifs is 1. The fourth-order valence-corrected chi connectivity index (χ4v) is 1.58. The average Bonchev–Trinajstić information content (AvgIpc) is 2.92. The number of rotatable bonds is 0. The zero-order chi connectivity index (χ0) is 9.64. The highest BCUT2D eigenvalue weighted by atomic mass is 14.6. The molecule has 1 N–H and O–H groups in total. The van der Waals surface area contributed by atoms with E-state index in [-0.39, 0.29) is 0 Å². The predicted octanol–water partition coefficient (Wildman–Crippen LogP) is 3.89. The monoisotopic (exact) mass is 185 g/mol. The first-order valence-electron chi connectivity index (χ1n) is 5.14. The molecule has 3 rings (SSSR count). The second kappa shape index (κ2) is 4.66. The van der Waals surface area contributed by atoms with Crippen LogP contribution in [0.15, 0.2) is 48.7 Å². The summed E-state index contributed by atoms with van der Waals surface area (Å²) in [6.07, 6.45) is 10.4. The van der Waals surface area contributed by atoms with Crippen LogP contribution in [0.1, 0.15) is 19.3 Å². The summed E-state index contributed by atoms with van der Waals surface area (Å²) in [5.41, 5.74) is 1.21. The summed E-state index contributed by atoms with van der Waals surface area (Å²) in [7, 11) is 0. The minimum atomic E-state index is 1.21. The van der Waals surface area contributed by atoms with Crippen molar-refractivity contribution in [3.63, 3.8) is 0 Å². The first kappa shape index (κ1) is 9.07. The van der Waals surface area contributed by atoms with Crippen molar-refractivity contribution in [1.82, 2.24) is 4.98 Å². The molecule has 0 unspecified atom stereocenters. The van der Waals surface area contributed by atoms with Crippen LogP contribution >= 0.6 is 0 Å². The van der Waals surface area contributed by atoms with Crippen LogP contribution in [0.25, 0.3) is 10.9 Å². The van der Waals surface area contributed by atoms with Crippen LogP contribution in [-0.2, 0) is 0 Å². The molecule has 1 aromatic heterocycles. The molecule has 0 bridgehead atoms. The Morgan fingerprint density at radius 3 is 2.36 bits per heavy atom. The normalized spacial score (nSPS) is 14.0. The van der Waals surface area contributed by atoms with Crippen molar-refractivity contribution in [3.8, 4) is 0 Å². The average molecular weight is 185 g/mol. The molecular weight excluding hydrogens is 170 g/mol. The van der Waals surface area contributed by atoms with Crippen LogP contribution in [0, 0.1) is 0 Å². The van der Waals surface area contributed by atoms with Crippen molar-refractivity contribution in [3.05, 3.63) is 48.7 Å². The molecule has 1 heterocycles. The van der Waals surface area contributed by atoms with Crippen molar-refractivity contribution < 1.29 is 0 Å². The summed E-state index contributed by atoms with van der Waals surface area (Å²) >= 11 is 0. The molecule has 1 heteroatoms. The van der Waals surface area contributed by atoms with Gasteiger partial charge in [0.25, 0.3) is 0 Å². The quantitative estimate of drug-likeness (QED) is 0.599. The summed E-state index contributed by atoms with van der Waals surface area (Å²) in [5, 5.41) is 1.28. The molecular formula is C13H15N. The first-order valence-corrected chi connectivity index (χ1v) is 5.14. The Kier molecular flexibility index (Phi) is 3.02. The lowest BCUT2D eigenvalue weighted by Crippen LogP contribution is -1.61. The van der Waals surface area contributed by atoms with E-state index in [2.05, 4.69) is 35.3 Å². The van der Waals surface area contributed by atoms with Crippen LogP contribution < -0.4 is 0 Å². The number of benzene rings is 1. The number of aromatic amines is 1. The van der Waals surface area contributed by atoms with Gasteiger partial charge in [-0.2, -0.15) is 0 Å². The van der Waals surface area contributed by atoms with Gasteiger partial charge in [-0.05, 0) is 36.8 Å². The summed E-state index contributed by atoms with van der Waals surface area (Å²) in [6.45, 7) is 0. The molecule has 1 nitrogen and oxygen atoms in total. The number of H-pyrrole nitrogens is 1. The Bertz CT molecular complexity index is 376. The fourth-order valence-electron chi connectivity index (χ4n) is 1.58. The lowest BCUT2D eigenvalue weighted by Gasteiger charge is -1.83. The number of aromatic nitrogens is 1. The summed E-state index contributed by atoms with van der Waals surface area (Å²) in [5.74, 6) is 0. The molecule has 0 atom stereocenters. The van der Waals surface area contributed by atoms with Crippen molar-refractivity contribution in [2.45, 2.75) is 19.3 Å². The third-order valence-corrected chi connectivity index (χ3v) is 2.37. The molecule has 1 aromatic carbocycles. The van der Waals surface area contributed by atoms with E-state index in [9.17, 15) is 0 Å². The molecule has 0 spiro atoms. The summed E-state index contributed by atoms with van der Waals surface area (Å²) in [6, 6.07) is 10.3. The van der Waals surface area contributed by atoms with Gasteiger partial charge in [0.1, 0.15) is 0 Å². The Morgan fingerprint density at radius 2 is 1.71 bits per heavy atom. The van der Waals surface area contributed by atoms with Gasteiger partial charge in [-0.25, -0.2) is 0 Å². The zero-order valence-electron chi connectivity index (χ0n) is 8.24. The summed E-state index contributed by atoms with van der Waals surface area (Å²) < 4.78 is 0. The highest BCUT2D eigenvalue weighted by Gasteiger charge is 1.86. The topological polar surface area (TPSA) is 15.8 Å². The Balaban J connectivity index is 0.000000128. The second-order valence-electron chi connectivity index (χ2n) is 3.47. The third-order valence-electron chi connectivity index (χ3n) is 2.37. The van der Waals surface area contributed by atoms with Crippen LogP contribution in [-0.4, -0.2) is 4.98 Å². The van der Waals surface area contributed by atoms with E-state index in [1.807, 2.05) is 18.3 Å². The molecule has 0 amide bonds. The minimum Gasteiger partial charge on any atom is -0.361 e. The maximum Gasteiger partial charge on any atom is 0.0453 e. The maximum atomic E-state index is 3.12. The van der Waals surface area contributed by atoms with Crippen molar-refractivity contribution in [2.75, 3.05) is 0 Å². The maximum absolute atomic E-state index is 3.12. The number of hydrogen-bond acceptors (Lipinski definition) is 0. The first-order chi connectivity index (χ1) is 6.97. The molecule has 2 aromatic rings. The van der Waals surface area contributed by atoms with Crippen molar-refractivity contribution in [1.29, 1.82) is 0 Å². The van der Waals surface area contributed by atoms with Crippen LogP contribution in [0.5, 0.6) is 0 Å². The van der Waals surface area contributed by atoms with Gasteiger partial charge < -0.3 is 4.98 Å². The molecule has 0 radical (unpaired) electrons. The third kappa shape index (κ3) is 2.25. The van der Waals surface area contributed by atoms with Gasteiger partial charge in [-0.3, -0.25) is 0 Å². The van der Waals surface area contributed by atoms with Crippen LogP contribution in [0.2, 0.25) is 0 Å². The van der Waals surface area contributed by atoms with E-state index in [4.69, 9.17) is 0 Å². The largest absolute Gasteiger partial charge is 0.361 e. The van der Waals surface area contributed by atoms with E-state index in [1.165, 1.54) is 30.2 Å². The highest BCUT2D eigenvalue weighted by molar-refractivity contribution is 5.78. The van der Waals surface area contributed by atoms with Gasteiger partial charge in [0, 0.05) is 11.7 Å². The van der Waals surface area contributed by atoms with Gasteiger partial charge in [0.15, 0.2) is 0 Å². The van der Waals surface area contributed by atoms with E-state index in [1.54, 1.807) is 0 Å². The summed E-state index contributed by atoms with van der Waals surface area (Å²) in [4.78, 5) is 3.12. The van der Waals surface area contributed by atoms with Gasteiger partial charge >= 0.3 is 0 Å². The van der Waals surface area contributed by atoms with E-state index in [0.717, 1.165) is 0 Å². The van der Waals surface area contributed by atoms with E-state index in [0.29, 0.717) is 0 Å². The number of para-hydroxylation sites is 1. The van der Waals surface area contributed by atoms with Crippen LogP contribution in [0.4, 0.5) is 0 Å². The second-order valence-corrected chi connectivity index (χ2v) is 3.47. The molecule has 1 aliphatic rings. The molecule has 0 fully saturated rings. The fraction of sp³-hybridized carbons (Fsp3) is 0.231. The Morgan fingerprint density at radius 1 is 0.929 bits per heavy atom. The molecule has 0 saturated carbocycles. The number of allylic oxidation sites excluding steroid dienone is 2. The van der Waals surface area contributed by atoms with Gasteiger partial charge in [-0.1, -0.05) is 30.4 Å². The Labute approximate surface area is 84.5 Å². The van der Waals surface area contributed by atoms with E-state index < -0.39 is 0 Å². The molecule has 0 aliphatic heterocycles.